The SMILES string of the molecule is N=C(N)N1CCCC1C(N)=Nc1ccc(CCC(=O)N2CCCCC2)cc1. The zero-order valence-corrected chi connectivity index (χ0v) is 15.9. The summed E-state index contributed by atoms with van der Waals surface area (Å²) in [7, 11) is 0. The first kappa shape index (κ1) is 19.2. The molecular weight excluding hydrogens is 340 g/mol. The van der Waals surface area contributed by atoms with Crippen LogP contribution >= 0.6 is 0 Å². The van der Waals surface area contributed by atoms with Gasteiger partial charge in [0.05, 0.1) is 11.7 Å². The van der Waals surface area contributed by atoms with E-state index >= 15 is 0 Å². The number of rotatable bonds is 5. The number of amidine groups is 1. The molecule has 146 valence electrons. The lowest BCUT2D eigenvalue weighted by atomic mass is 10.1. The molecule has 7 nitrogen and oxygen atoms in total. The van der Waals surface area contributed by atoms with Crippen molar-refractivity contribution in [1.29, 1.82) is 5.41 Å². The molecule has 2 heterocycles. The van der Waals surface area contributed by atoms with Crippen molar-refractivity contribution in [3.63, 3.8) is 0 Å². The Balaban J connectivity index is 1.55. The highest BCUT2D eigenvalue weighted by Gasteiger charge is 2.28. The lowest BCUT2D eigenvalue weighted by Gasteiger charge is -2.26. The Bertz CT molecular complexity index is 693. The Morgan fingerprint density at radius 3 is 2.44 bits per heavy atom. The van der Waals surface area contributed by atoms with E-state index in [1.165, 1.54) is 6.42 Å². The number of aryl methyl sites for hydroxylation is 1. The summed E-state index contributed by atoms with van der Waals surface area (Å²) < 4.78 is 0. The maximum absolute atomic E-state index is 12.3. The number of piperidine rings is 1. The van der Waals surface area contributed by atoms with Crippen LogP contribution in [0, 0.1) is 5.41 Å². The summed E-state index contributed by atoms with van der Waals surface area (Å²) in [5.74, 6) is 0.798. The lowest BCUT2D eigenvalue weighted by Crippen LogP contribution is -2.46. The highest BCUT2D eigenvalue weighted by molar-refractivity contribution is 5.92. The number of hydrogen-bond donors (Lipinski definition) is 3. The minimum Gasteiger partial charge on any atom is -0.385 e. The standard InChI is InChI=1S/C20H30N6O/c21-19(17-5-4-14-26(17)20(22)23)24-16-9-6-15(7-10-16)8-11-18(27)25-12-2-1-3-13-25/h6-7,9-10,17H,1-5,8,11-14H2,(H2,21,24)(H3,22,23). The second kappa shape index (κ2) is 8.88. The van der Waals surface area contributed by atoms with E-state index in [2.05, 4.69) is 4.99 Å². The van der Waals surface area contributed by atoms with Crippen LogP contribution in [0.4, 0.5) is 5.69 Å². The fourth-order valence-electron chi connectivity index (χ4n) is 3.88. The normalized spacial score (nSPS) is 20.7. The van der Waals surface area contributed by atoms with E-state index in [4.69, 9.17) is 16.9 Å². The van der Waals surface area contributed by atoms with Crippen LogP contribution in [-0.2, 0) is 11.2 Å². The first-order chi connectivity index (χ1) is 13.0. The molecule has 0 aliphatic carbocycles. The van der Waals surface area contributed by atoms with Crippen molar-refractivity contribution in [1.82, 2.24) is 9.80 Å². The summed E-state index contributed by atoms with van der Waals surface area (Å²) in [6.07, 6.45) is 6.62. The molecule has 7 heteroatoms. The average molecular weight is 371 g/mol. The Kier molecular flexibility index (Phi) is 6.32. The number of aliphatic imine (C=N–C) groups is 1. The number of hydrogen-bond acceptors (Lipinski definition) is 3. The fourth-order valence-corrected chi connectivity index (χ4v) is 3.88. The molecule has 5 N–H and O–H groups in total. The van der Waals surface area contributed by atoms with Crippen LogP contribution in [0.2, 0.25) is 0 Å². The van der Waals surface area contributed by atoms with Crippen molar-refractivity contribution in [2.24, 2.45) is 16.5 Å². The van der Waals surface area contributed by atoms with Crippen LogP contribution in [0.5, 0.6) is 0 Å². The first-order valence-corrected chi connectivity index (χ1v) is 9.86. The van der Waals surface area contributed by atoms with Crippen molar-refractivity contribution < 1.29 is 4.79 Å². The van der Waals surface area contributed by atoms with Gasteiger partial charge in [-0.1, -0.05) is 12.1 Å². The third-order valence-electron chi connectivity index (χ3n) is 5.43. The van der Waals surface area contributed by atoms with Gasteiger partial charge in [0.15, 0.2) is 5.96 Å². The van der Waals surface area contributed by atoms with Gasteiger partial charge in [0.25, 0.3) is 0 Å². The number of nitrogens with one attached hydrogen (secondary N) is 1. The van der Waals surface area contributed by atoms with Gasteiger partial charge in [-0.3, -0.25) is 10.2 Å². The van der Waals surface area contributed by atoms with Crippen LogP contribution in [0.1, 0.15) is 44.1 Å². The van der Waals surface area contributed by atoms with Gasteiger partial charge in [-0.25, -0.2) is 4.99 Å². The third kappa shape index (κ3) is 4.99. The zero-order chi connectivity index (χ0) is 19.2. The molecule has 1 amide bonds. The van der Waals surface area contributed by atoms with E-state index in [9.17, 15) is 4.79 Å². The summed E-state index contributed by atoms with van der Waals surface area (Å²) in [4.78, 5) is 20.6. The monoisotopic (exact) mass is 370 g/mol. The maximum atomic E-state index is 12.3. The highest BCUT2D eigenvalue weighted by atomic mass is 16.2. The lowest BCUT2D eigenvalue weighted by molar-refractivity contribution is -0.132. The molecule has 27 heavy (non-hydrogen) atoms. The van der Waals surface area contributed by atoms with E-state index < -0.39 is 0 Å². The Morgan fingerprint density at radius 1 is 1.07 bits per heavy atom. The van der Waals surface area contributed by atoms with E-state index in [1.807, 2.05) is 29.2 Å². The Labute approximate surface area is 160 Å². The van der Waals surface area contributed by atoms with Gasteiger partial charge < -0.3 is 21.3 Å². The second-order valence-corrected chi connectivity index (χ2v) is 7.38. The predicted octanol–water partition coefficient (Wildman–Crippen LogP) is 1.98. The molecule has 2 saturated heterocycles. The van der Waals surface area contributed by atoms with E-state index in [1.54, 1.807) is 4.90 Å². The number of guanidine groups is 1. The summed E-state index contributed by atoms with van der Waals surface area (Å²) in [5.41, 5.74) is 13.7. The fraction of sp³-hybridized carbons (Fsp3) is 0.550. The molecule has 0 aromatic heterocycles. The number of nitrogens with zero attached hydrogens (tertiary/aromatic N) is 3. The number of amides is 1. The molecule has 3 rings (SSSR count). The number of carbonyl (C=O) groups excluding carboxylic acids is 1. The van der Waals surface area contributed by atoms with Crippen LogP contribution in [0.25, 0.3) is 0 Å². The van der Waals surface area contributed by atoms with Crippen LogP contribution in [0.15, 0.2) is 29.3 Å². The van der Waals surface area contributed by atoms with Crippen molar-refractivity contribution in [2.45, 2.75) is 51.0 Å². The van der Waals surface area contributed by atoms with Gasteiger partial charge in [-0.15, -0.1) is 0 Å². The third-order valence-corrected chi connectivity index (χ3v) is 5.43. The molecule has 0 saturated carbocycles. The van der Waals surface area contributed by atoms with Gasteiger partial charge in [-0.05, 0) is 56.2 Å². The van der Waals surface area contributed by atoms with E-state index in [0.717, 1.165) is 63.0 Å². The van der Waals surface area contributed by atoms with Gasteiger partial charge in [0.2, 0.25) is 5.91 Å². The molecule has 2 fully saturated rings. The molecule has 1 atom stereocenters. The number of carbonyl (C=O) groups is 1. The highest BCUT2D eigenvalue weighted by Crippen LogP contribution is 2.20. The van der Waals surface area contributed by atoms with Crippen LogP contribution in [-0.4, -0.2) is 53.2 Å². The van der Waals surface area contributed by atoms with Gasteiger partial charge in [-0.2, -0.15) is 0 Å². The van der Waals surface area contributed by atoms with Crippen molar-refractivity contribution in [2.75, 3.05) is 19.6 Å². The molecular formula is C20H30N6O. The molecule has 1 aromatic carbocycles. The number of nitrogens with two attached hydrogens (primary N) is 2. The summed E-state index contributed by atoms with van der Waals surface area (Å²) in [5, 5.41) is 7.64. The van der Waals surface area contributed by atoms with Crippen LogP contribution in [0.3, 0.4) is 0 Å². The van der Waals surface area contributed by atoms with Gasteiger partial charge in [0, 0.05) is 26.1 Å². The van der Waals surface area contributed by atoms with E-state index in [0.29, 0.717) is 12.3 Å². The Hall–Kier alpha value is -2.57. The molecule has 2 aliphatic rings. The largest absolute Gasteiger partial charge is 0.385 e. The zero-order valence-electron chi connectivity index (χ0n) is 15.9. The predicted molar refractivity (Wildman–Crippen MR) is 108 cm³/mol. The van der Waals surface area contributed by atoms with E-state index in [-0.39, 0.29) is 17.9 Å². The summed E-state index contributed by atoms with van der Waals surface area (Å²) >= 11 is 0. The quantitative estimate of drug-likeness (QED) is 0.543. The summed E-state index contributed by atoms with van der Waals surface area (Å²) in [6.45, 7) is 2.56. The minimum atomic E-state index is -0.0932. The molecule has 2 aliphatic heterocycles. The Morgan fingerprint density at radius 2 is 1.78 bits per heavy atom. The molecule has 1 aromatic rings. The van der Waals surface area contributed by atoms with Gasteiger partial charge >= 0.3 is 0 Å². The first-order valence-electron chi connectivity index (χ1n) is 9.86. The topological polar surface area (TPSA) is 112 Å². The van der Waals surface area contributed by atoms with Crippen molar-refractivity contribution >= 4 is 23.4 Å². The maximum Gasteiger partial charge on any atom is 0.222 e. The second-order valence-electron chi connectivity index (χ2n) is 7.38. The molecule has 0 bridgehead atoms. The number of likely N-dealkylation sites (tertiary alicyclic amines) is 2. The van der Waals surface area contributed by atoms with Crippen molar-refractivity contribution in [3.8, 4) is 0 Å². The van der Waals surface area contributed by atoms with Crippen LogP contribution < -0.4 is 11.5 Å². The molecule has 0 spiro atoms. The number of benzene rings is 1. The molecule has 0 radical (unpaired) electrons. The van der Waals surface area contributed by atoms with Gasteiger partial charge in [0.1, 0.15) is 5.84 Å². The average Bonchev–Trinajstić information content (AvgIpc) is 3.18. The smallest absolute Gasteiger partial charge is 0.222 e. The van der Waals surface area contributed by atoms with Crippen molar-refractivity contribution in [3.05, 3.63) is 29.8 Å². The molecule has 1 unspecified atom stereocenters. The minimum absolute atomic E-state index is 0.0457. The summed E-state index contributed by atoms with van der Waals surface area (Å²) in [6, 6.07) is 7.78.